The minimum atomic E-state index is -3.43. The molecule has 0 aromatic heterocycles. The Kier molecular flexibility index (Phi) is 11.8. The lowest BCUT2D eigenvalue weighted by Crippen LogP contribution is -2.17. The first-order valence-corrected chi connectivity index (χ1v) is 9.53. The van der Waals surface area contributed by atoms with Crippen molar-refractivity contribution in [3.8, 4) is 0 Å². The van der Waals surface area contributed by atoms with Gasteiger partial charge in [0, 0.05) is 7.11 Å². The van der Waals surface area contributed by atoms with Crippen LogP contribution in [0.3, 0.4) is 0 Å². The number of rotatable bonds is 13. The van der Waals surface area contributed by atoms with E-state index in [1.807, 2.05) is 0 Å². The van der Waals surface area contributed by atoms with Crippen LogP contribution < -0.4 is 0 Å². The molecule has 0 radical (unpaired) electrons. The van der Waals surface area contributed by atoms with Gasteiger partial charge in [-0.25, -0.2) is 4.57 Å². The molecule has 0 aliphatic carbocycles. The van der Waals surface area contributed by atoms with E-state index in [1.165, 1.54) is 7.11 Å². The summed E-state index contributed by atoms with van der Waals surface area (Å²) in [6.07, 6.45) is 7.47. The monoisotopic (exact) mass is 308 g/mol. The Morgan fingerprint density at radius 3 is 1.25 bits per heavy atom. The molecule has 0 aliphatic heterocycles. The summed E-state index contributed by atoms with van der Waals surface area (Å²) in [4.78, 5) is 0. The van der Waals surface area contributed by atoms with Gasteiger partial charge in [-0.1, -0.05) is 53.4 Å². The Hall–Kier alpha value is 0.110. The maximum atomic E-state index is 12.6. The maximum Gasteiger partial charge on any atom is 0.475 e. The summed E-state index contributed by atoms with van der Waals surface area (Å²) in [7, 11) is -2.02. The highest BCUT2D eigenvalue weighted by Crippen LogP contribution is 2.52. The van der Waals surface area contributed by atoms with Gasteiger partial charge in [0.05, 0.1) is 12.2 Å². The summed E-state index contributed by atoms with van der Waals surface area (Å²) in [5, 5.41) is 0. The lowest BCUT2D eigenvalue weighted by atomic mass is 10.1. The summed E-state index contributed by atoms with van der Waals surface area (Å²) in [5.41, 5.74) is 0. The second kappa shape index (κ2) is 11.7. The molecule has 0 amide bonds. The molecule has 122 valence electrons. The second-order valence-electron chi connectivity index (χ2n) is 5.24. The summed E-state index contributed by atoms with van der Waals surface area (Å²) in [6, 6.07) is 0. The molecule has 0 unspecified atom stereocenters. The molecule has 0 heterocycles. The molecular weight excluding hydrogens is 275 g/mol. The molecule has 0 aromatic carbocycles. The van der Waals surface area contributed by atoms with Gasteiger partial charge in [-0.05, 0) is 25.7 Å². The van der Waals surface area contributed by atoms with Crippen molar-refractivity contribution in [3.05, 3.63) is 0 Å². The van der Waals surface area contributed by atoms with Gasteiger partial charge >= 0.3 is 7.82 Å². The number of hydrogen-bond acceptors (Lipinski definition) is 4. The highest BCUT2D eigenvalue weighted by atomic mass is 31.2. The van der Waals surface area contributed by atoms with E-state index in [9.17, 15) is 4.57 Å². The van der Waals surface area contributed by atoms with Gasteiger partial charge < -0.3 is 0 Å². The molecule has 5 heteroatoms. The van der Waals surface area contributed by atoms with E-state index in [2.05, 4.69) is 27.7 Å². The molecular formula is C15H33O4P. The van der Waals surface area contributed by atoms with Crippen LogP contribution in [0.2, 0.25) is 0 Å². The summed E-state index contributed by atoms with van der Waals surface area (Å²) in [5.74, 6) is 0. The Balaban J connectivity index is 4.65. The zero-order valence-electron chi connectivity index (χ0n) is 13.9. The van der Waals surface area contributed by atoms with Crippen LogP contribution in [0.5, 0.6) is 0 Å². The fourth-order valence-electron chi connectivity index (χ4n) is 2.26. The topological polar surface area (TPSA) is 44.8 Å². The van der Waals surface area contributed by atoms with E-state index in [1.54, 1.807) is 0 Å². The molecule has 0 bridgehead atoms. The van der Waals surface area contributed by atoms with Crippen LogP contribution in [0.25, 0.3) is 0 Å². The van der Waals surface area contributed by atoms with Crippen molar-refractivity contribution in [1.82, 2.24) is 0 Å². The van der Waals surface area contributed by atoms with Gasteiger partial charge in [0.1, 0.15) is 0 Å². The molecule has 0 aliphatic rings. The van der Waals surface area contributed by atoms with E-state index in [4.69, 9.17) is 13.6 Å². The minimum Gasteiger partial charge on any atom is -0.290 e. The highest BCUT2D eigenvalue weighted by Gasteiger charge is 2.32. The van der Waals surface area contributed by atoms with Crippen LogP contribution in [0.15, 0.2) is 0 Å². The fraction of sp³-hybridized carbons (Fsp3) is 1.00. The first kappa shape index (κ1) is 20.1. The van der Waals surface area contributed by atoms with Gasteiger partial charge in [-0.15, -0.1) is 0 Å². The summed E-state index contributed by atoms with van der Waals surface area (Å²) >= 11 is 0. The predicted octanol–water partition coefficient (Wildman–Crippen LogP) is 5.71. The maximum absolute atomic E-state index is 12.6. The quantitative estimate of drug-likeness (QED) is 0.409. The normalized spacial score (nSPS) is 12.6. The lowest BCUT2D eigenvalue weighted by Gasteiger charge is -2.26. The van der Waals surface area contributed by atoms with E-state index < -0.39 is 7.82 Å². The summed E-state index contributed by atoms with van der Waals surface area (Å²) in [6.45, 7) is 8.40. The third kappa shape index (κ3) is 8.41. The van der Waals surface area contributed by atoms with Crippen molar-refractivity contribution in [2.75, 3.05) is 7.11 Å². The van der Waals surface area contributed by atoms with Gasteiger partial charge in [0.15, 0.2) is 0 Å². The Labute approximate surface area is 125 Å². The van der Waals surface area contributed by atoms with Crippen LogP contribution in [-0.4, -0.2) is 19.3 Å². The van der Waals surface area contributed by atoms with Crippen molar-refractivity contribution >= 4 is 7.82 Å². The van der Waals surface area contributed by atoms with Crippen LogP contribution in [0.4, 0.5) is 0 Å². The van der Waals surface area contributed by atoms with Gasteiger partial charge in [0.2, 0.25) is 0 Å². The van der Waals surface area contributed by atoms with Crippen molar-refractivity contribution in [2.45, 2.75) is 91.3 Å². The average Bonchev–Trinajstić information content (AvgIpc) is 2.40. The molecule has 0 spiro atoms. The number of phosphoric acid groups is 1. The molecule has 0 fully saturated rings. The third-order valence-electron chi connectivity index (χ3n) is 3.22. The summed E-state index contributed by atoms with van der Waals surface area (Å²) < 4.78 is 29.1. The Bertz CT molecular complexity index is 237. The zero-order chi connectivity index (χ0) is 15.4. The number of phosphoric ester groups is 1. The van der Waals surface area contributed by atoms with Crippen molar-refractivity contribution in [3.63, 3.8) is 0 Å². The fourth-order valence-corrected chi connectivity index (χ4v) is 3.64. The average molecular weight is 308 g/mol. The predicted molar refractivity (Wildman–Crippen MR) is 84.0 cm³/mol. The van der Waals surface area contributed by atoms with Crippen LogP contribution >= 0.6 is 7.82 Å². The van der Waals surface area contributed by atoms with Gasteiger partial charge in [0.25, 0.3) is 0 Å². The van der Waals surface area contributed by atoms with Crippen LogP contribution in [0, 0.1) is 0 Å². The largest absolute Gasteiger partial charge is 0.475 e. The second-order valence-corrected chi connectivity index (χ2v) is 6.92. The standard InChI is InChI=1S/C15H33O4P/c1-6-10-14(11-7-2)18-20(16,17-5)19-15(12-8-3)13-9-4/h14-15H,6-13H2,1-5H3. The highest BCUT2D eigenvalue weighted by molar-refractivity contribution is 7.48. The first-order chi connectivity index (χ1) is 9.55. The molecule has 20 heavy (non-hydrogen) atoms. The van der Waals surface area contributed by atoms with E-state index in [0.717, 1.165) is 51.4 Å². The molecule has 0 aromatic rings. The molecule has 0 N–H and O–H groups in total. The van der Waals surface area contributed by atoms with Crippen LogP contribution in [-0.2, 0) is 18.1 Å². The van der Waals surface area contributed by atoms with E-state index >= 15 is 0 Å². The van der Waals surface area contributed by atoms with Gasteiger partial charge in [-0.2, -0.15) is 0 Å². The Morgan fingerprint density at radius 2 is 1.05 bits per heavy atom. The SMILES string of the molecule is CCCC(CCC)OP(=O)(OC)OC(CCC)CCC. The zero-order valence-corrected chi connectivity index (χ0v) is 14.8. The molecule has 0 saturated carbocycles. The molecule has 0 saturated heterocycles. The smallest absolute Gasteiger partial charge is 0.290 e. The third-order valence-corrected chi connectivity index (χ3v) is 4.78. The minimum absolute atomic E-state index is 0.0420. The number of hydrogen-bond donors (Lipinski definition) is 0. The molecule has 4 nitrogen and oxygen atoms in total. The molecule has 0 atom stereocenters. The van der Waals surface area contributed by atoms with Gasteiger partial charge in [-0.3, -0.25) is 13.6 Å². The molecule has 0 rings (SSSR count). The lowest BCUT2D eigenvalue weighted by molar-refractivity contribution is 0.0504. The van der Waals surface area contributed by atoms with E-state index in [-0.39, 0.29) is 12.2 Å². The Morgan fingerprint density at radius 1 is 0.750 bits per heavy atom. The van der Waals surface area contributed by atoms with Crippen molar-refractivity contribution in [1.29, 1.82) is 0 Å². The van der Waals surface area contributed by atoms with E-state index in [0.29, 0.717) is 0 Å². The first-order valence-electron chi connectivity index (χ1n) is 8.07. The van der Waals surface area contributed by atoms with Crippen LogP contribution in [0.1, 0.15) is 79.1 Å². The van der Waals surface area contributed by atoms with Crippen molar-refractivity contribution in [2.24, 2.45) is 0 Å². The van der Waals surface area contributed by atoms with Crippen molar-refractivity contribution < 1.29 is 18.1 Å².